The molecular formula is C22H28FN7O4. The molecule has 5 N–H and O–H groups in total. The molecular weight excluding hydrogens is 445 g/mol. The van der Waals surface area contributed by atoms with E-state index in [1.165, 1.54) is 20.0 Å². The van der Waals surface area contributed by atoms with Gasteiger partial charge >= 0.3 is 0 Å². The van der Waals surface area contributed by atoms with E-state index >= 15 is 0 Å². The highest BCUT2D eigenvalue weighted by Crippen LogP contribution is 2.26. The average molecular weight is 474 g/mol. The number of amides is 1. The second-order valence-electron chi connectivity index (χ2n) is 8.61. The van der Waals surface area contributed by atoms with Gasteiger partial charge in [0.25, 0.3) is 5.91 Å². The summed E-state index contributed by atoms with van der Waals surface area (Å²) in [5.74, 6) is 0.0507. The van der Waals surface area contributed by atoms with Gasteiger partial charge in [-0.3, -0.25) is 9.78 Å². The average Bonchev–Trinajstić information content (AvgIpc) is 3.20. The van der Waals surface area contributed by atoms with Crippen molar-refractivity contribution < 1.29 is 24.1 Å². The van der Waals surface area contributed by atoms with Gasteiger partial charge in [-0.25, -0.2) is 13.9 Å². The lowest BCUT2D eigenvalue weighted by Crippen LogP contribution is -2.43. The minimum absolute atomic E-state index is 0.0273. The van der Waals surface area contributed by atoms with Gasteiger partial charge < -0.3 is 30.9 Å². The predicted molar refractivity (Wildman–Crippen MR) is 124 cm³/mol. The van der Waals surface area contributed by atoms with E-state index in [4.69, 9.17) is 9.84 Å². The highest BCUT2D eigenvalue weighted by atomic mass is 19.1. The summed E-state index contributed by atoms with van der Waals surface area (Å²) in [5.41, 5.74) is 0.924. The highest BCUT2D eigenvalue weighted by Gasteiger charge is 2.28. The van der Waals surface area contributed by atoms with Crippen LogP contribution in [0.5, 0.6) is 0 Å². The zero-order chi connectivity index (χ0) is 24.3. The first kappa shape index (κ1) is 23.8. The molecule has 3 aromatic rings. The van der Waals surface area contributed by atoms with E-state index < -0.39 is 17.7 Å². The number of hydrogen-bond donors (Lipinski definition) is 5. The number of halogens is 1. The molecule has 12 heteroatoms. The minimum Gasteiger partial charge on any atom is -0.395 e. The van der Waals surface area contributed by atoms with Crippen molar-refractivity contribution in [2.24, 2.45) is 0 Å². The first-order valence-corrected chi connectivity index (χ1v) is 10.9. The van der Waals surface area contributed by atoms with E-state index in [0.29, 0.717) is 48.3 Å². The number of aliphatic hydroxyl groups excluding tert-OH is 1. The molecule has 1 fully saturated rings. The van der Waals surface area contributed by atoms with Crippen molar-refractivity contribution in [3.05, 3.63) is 36.2 Å². The van der Waals surface area contributed by atoms with E-state index in [1.54, 1.807) is 28.9 Å². The molecule has 0 spiro atoms. The maximum Gasteiger partial charge on any atom is 0.255 e. The van der Waals surface area contributed by atoms with Crippen LogP contribution < -0.4 is 16.0 Å². The zero-order valence-corrected chi connectivity index (χ0v) is 19.0. The number of fused-ring (bicyclic) bond motifs is 1. The first-order valence-electron chi connectivity index (χ1n) is 10.9. The number of carbonyl (C=O) groups excluding carboxylic acids is 1. The molecule has 0 aliphatic carbocycles. The summed E-state index contributed by atoms with van der Waals surface area (Å²) in [6.45, 7) is 3.69. The van der Waals surface area contributed by atoms with Crippen LogP contribution in [-0.2, 0) is 4.74 Å². The zero-order valence-electron chi connectivity index (χ0n) is 19.0. The number of carbonyl (C=O) groups is 1. The van der Waals surface area contributed by atoms with Crippen LogP contribution in [0.15, 0.2) is 30.6 Å². The fourth-order valence-electron chi connectivity index (χ4n) is 3.29. The molecule has 182 valence electrons. The lowest BCUT2D eigenvalue weighted by molar-refractivity contribution is -0.00178. The Morgan fingerprint density at radius 3 is 2.79 bits per heavy atom. The Morgan fingerprint density at radius 2 is 2.12 bits per heavy atom. The van der Waals surface area contributed by atoms with Crippen LogP contribution in [0.3, 0.4) is 0 Å². The van der Waals surface area contributed by atoms with Crippen LogP contribution in [0, 0.1) is 0 Å². The van der Waals surface area contributed by atoms with Crippen molar-refractivity contribution in [1.82, 2.24) is 24.9 Å². The van der Waals surface area contributed by atoms with Gasteiger partial charge in [-0.05, 0) is 32.0 Å². The second kappa shape index (κ2) is 9.87. The summed E-state index contributed by atoms with van der Waals surface area (Å²) >= 11 is 0. The van der Waals surface area contributed by atoms with Crippen molar-refractivity contribution in [3.8, 4) is 11.4 Å². The molecule has 1 unspecified atom stereocenters. The van der Waals surface area contributed by atoms with Gasteiger partial charge in [-0.2, -0.15) is 0 Å². The van der Waals surface area contributed by atoms with E-state index in [-0.39, 0.29) is 24.8 Å². The molecule has 3 aromatic heterocycles. The number of aliphatic hydroxyl groups is 2. The molecule has 1 saturated heterocycles. The monoisotopic (exact) mass is 473 g/mol. The van der Waals surface area contributed by atoms with Crippen LogP contribution in [0.4, 0.5) is 15.9 Å². The number of ether oxygens (including phenoxy) is 1. The van der Waals surface area contributed by atoms with Crippen LogP contribution >= 0.6 is 0 Å². The molecule has 0 saturated carbocycles. The summed E-state index contributed by atoms with van der Waals surface area (Å²) in [6.07, 6.45) is 1.42. The Morgan fingerprint density at radius 1 is 1.32 bits per heavy atom. The summed E-state index contributed by atoms with van der Waals surface area (Å²) < 4.78 is 21.0. The third kappa shape index (κ3) is 5.24. The molecule has 0 bridgehead atoms. The topological polar surface area (TPSA) is 146 Å². The van der Waals surface area contributed by atoms with Gasteiger partial charge in [-0.15, -0.1) is 5.10 Å². The SMILES string of the molecule is CC(C)(O)C(F)CNC(=O)c1cnc(-c2cnc3ccc(NCCO)nn23)cc1NC1COC1. The first-order chi connectivity index (χ1) is 16.3. The lowest BCUT2D eigenvalue weighted by Gasteiger charge is -2.29. The number of pyridine rings is 1. The quantitative estimate of drug-likeness (QED) is 0.289. The molecule has 1 aliphatic rings. The standard InChI is InChI=1S/C22H28FN7O4/c1-22(2,33)18(23)10-27-21(32)14-8-25-16(7-15(14)28-13-11-34-12-13)17-9-26-20-4-3-19(24-5-6-31)29-30(17)20/h3-4,7-9,13,18,31,33H,5-6,10-12H2,1-2H3,(H,24,29)(H,25,28)(H,27,32). The van der Waals surface area contributed by atoms with Crippen molar-refractivity contribution in [1.29, 1.82) is 0 Å². The minimum atomic E-state index is -1.63. The molecule has 34 heavy (non-hydrogen) atoms. The Hall–Kier alpha value is -3.35. The van der Waals surface area contributed by atoms with Gasteiger partial charge in [0, 0.05) is 12.7 Å². The molecule has 4 heterocycles. The molecule has 0 aromatic carbocycles. The van der Waals surface area contributed by atoms with E-state index in [9.17, 15) is 14.3 Å². The van der Waals surface area contributed by atoms with Gasteiger partial charge in [0.1, 0.15) is 17.7 Å². The number of anilines is 2. The normalized spacial score (nSPS) is 15.1. The van der Waals surface area contributed by atoms with E-state index in [1.807, 2.05) is 0 Å². The summed E-state index contributed by atoms with van der Waals surface area (Å²) in [4.78, 5) is 21.6. The molecule has 4 rings (SSSR count). The van der Waals surface area contributed by atoms with Crippen LogP contribution in [-0.4, -0.2) is 86.4 Å². The lowest BCUT2D eigenvalue weighted by atomic mass is 10.0. The number of aromatic nitrogens is 4. The van der Waals surface area contributed by atoms with Crippen molar-refractivity contribution in [2.45, 2.75) is 31.7 Å². The Bertz CT molecular complexity index is 1160. The molecule has 1 aliphatic heterocycles. The fourth-order valence-corrected chi connectivity index (χ4v) is 3.29. The molecule has 0 radical (unpaired) electrons. The molecule has 1 atom stereocenters. The smallest absolute Gasteiger partial charge is 0.255 e. The van der Waals surface area contributed by atoms with E-state index in [2.05, 4.69) is 31.0 Å². The van der Waals surface area contributed by atoms with Crippen LogP contribution in [0.2, 0.25) is 0 Å². The molecule has 1 amide bonds. The van der Waals surface area contributed by atoms with Gasteiger partial charge in [0.2, 0.25) is 0 Å². The van der Waals surface area contributed by atoms with Crippen molar-refractivity contribution in [3.63, 3.8) is 0 Å². The van der Waals surface area contributed by atoms with E-state index in [0.717, 1.165) is 0 Å². The Labute approximate surface area is 195 Å². The van der Waals surface area contributed by atoms with Crippen LogP contribution in [0.1, 0.15) is 24.2 Å². The second-order valence-corrected chi connectivity index (χ2v) is 8.61. The summed E-state index contributed by atoms with van der Waals surface area (Å²) in [6, 6.07) is 5.30. The van der Waals surface area contributed by atoms with Gasteiger partial charge in [0.05, 0.1) is 61.1 Å². The number of rotatable bonds is 10. The van der Waals surface area contributed by atoms with Gasteiger partial charge in [-0.1, -0.05) is 0 Å². The summed E-state index contributed by atoms with van der Waals surface area (Å²) in [5, 5.41) is 32.1. The number of imidazole rings is 1. The maximum atomic E-state index is 14.1. The Balaban J connectivity index is 1.63. The Kier molecular flexibility index (Phi) is 6.91. The van der Waals surface area contributed by atoms with Crippen LogP contribution in [0.25, 0.3) is 17.0 Å². The number of nitrogens with one attached hydrogen (secondary N) is 3. The number of nitrogens with zero attached hydrogens (tertiary/aromatic N) is 4. The third-order valence-electron chi connectivity index (χ3n) is 5.40. The summed E-state index contributed by atoms with van der Waals surface area (Å²) in [7, 11) is 0. The van der Waals surface area contributed by atoms with Crippen molar-refractivity contribution >= 4 is 23.1 Å². The molecule has 11 nitrogen and oxygen atoms in total. The van der Waals surface area contributed by atoms with Crippen molar-refractivity contribution in [2.75, 3.05) is 43.5 Å². The largest absolute Gasteiger partial charge is 0.395 e. The third-order valence-corrected chi connectivity index (χ3v) is 5.40. The number of alkyl halides is 1. The fraction of sp³-hybridized carbons (Fsp3) is 0.455. The van der Waals surface area contributed by atoms with Gasteiger partial charge in [0.15, 0.2) is 5.65 Å². The maximum absolute atomic E-state index is 14.1. The predicted octanol–water partition coefficient (Wildman–Crippen LogP) is 0.845. The number of hydrogen-bond acceptors (Lipinski definition) is 9. The highest BCUT2D eigenvalue weighted by molar-refractivity contribution is 6.00.